The van der Waals surface area contributed by atoms with Crippen LogP contribution in [0.1, 0.15) is 30.9 Å². The molecule has 1 atom stereocenters. The van der Waals surface area contributed by atoms with Gasteiger partial charge in [0.15, 0.2) is 11.5 Å². The van der Waals surface area contributed by atoms with E-state index in [0.717, 1.165) is 47.8 Å². The van der Waals surface area contributed by atoms with Gasteiger partial charge < -0.3 is 18.9 Å². The molecular formula is C24H29NO5. The average Bonchev–Trinajstić information content (AvgIpc) is 3.24. The zero-order valence-electron chi connectivity index (χ0n) is 17.7. The van der Waals surface area contributed by atoms with E-state index < -0.39 is 5.41 Å². The molecule has 0 spiro atoms. The highest BCUT2D eigenvalue weighted by Gasteiger charge is 2.43. The molecule has 4 rings (SSSR count). The molecule has 6 nitrogen and oxygen atoms in total. The van der Waals surface area contributed by atoms with Crippen LogP contribution >= 0.6 is 0 Å². The Labute approximate surface area is 177 Å². The van der Waals surface area contributed by atoms with Crippen molar-refractivity contribution in [3.05, 3.63) is 53.6 Å². The summed E-state index contributed by atoms with van der Waals surface area (Å²) in [6, 6.07) is 13.9. The Morgan fingerprint density at radius 2 is 2.07 bits per heavy atom. The minimum Gasteiger partial charge on any atom is -0.497 e. The third kappa shape index (κ3) is 4.24. The molecule has 30 heavy (non-hydrogen) atoms. The lowest BCUT2D eigenvalue weighted by molar-refractivity contribution is -0.159. The van der Waals surface area contributed by atoms with Crippen molar-refractivity contribution in [2.45, 2.75) is 32.7 Å². The fourth-order valence-electron chi connectivity index (χ4n) is 4.56. The number of likely N-dealkylation sites (tertiary alicyclic amines) is 1. The number of ether oxygens (including phenoxy) is 4. The molecule has 0 saturated carbocycles. The first kappa shape index (κ1) is 20.5. The van der Waals surface area contributed by atoms with Crippen LogP contribution in [0.5, 0.6) is 17.2 Å². The fourth-order valence-corrected chi connectivity index (χ4v) is 4.56. The Morgan fingerprint density at radius 1 is 1.20 bits per heavy atom. The summed E-state index contributed by atoms with van der Waals surface area (Å²) >= 11 is 0. The van der Waals surface area contributed by atoms with Crippen LogP contribution in [-0.4, -0.2) is 44.5 Å². The van der Waals surface area contributed by atoms with Crippen molar-refractivity contribution in [3.8, 4) is 17.2 Å². The summed E-state index contributed by atoms with van der Waals surface area (Å²) in [5.41, 5.74) is 1.60. The van der Waals surface area contributed by atoms with Gasteiger partial charge in [-0.1, -0.05) is 24.3 Å². The van der Waals surface area contributed by atoms with Crippen molar-refractivity contribution in [3.63, 3.8) is 0 Å². The van der Waals surface area contributed by atoms with Crippen molar-refractivity contribution in [1.29, 1.82) is 0 Å². The molecule has 0 amide bonds. The summed E-state index contributed by atoms with van der Waals surface area (Å²) in [5, 5.41) is 0. The highest BCUT2D eigenvalue weighted by molar-refractivity contribution is 5.78. The summed E-state index contributed by atoms with van der Waals surface area (Å²) in [5.74, 6) is 2.29. The van der Waals surface area contributed by atoms with Crippen molar-refractivity contribution in [2.75, 3.05) is 33.6 Å². The Morgan fingerprint density at radius 3 is 2.90 bits per heavy atom. The van der Waals surface area contributed by atoms with E-state index >= 15 is 0 Å². The molecule has 2 aliphatic rings. The van der Waals surface area contributed by atoms with Gasteiger partial charge in [-0.3, -0.25) is 9.69 Å². The Hall–Kier alpha value is -2.73. The number of piperidine rings is 1. The standard InChI is InChI=1S/C24H29NO5/c1-3-28-23(26)24(14-18-7-4-9-20(13-18)27-2)11-6-12-25(16-24)15-19-8-5-10-21-22(19)30-17-29-21/h4-5,7-10,13H,3,6,11-12,14-17H2,1-2H3. The van der Waals surface area contributed by atoms with Crippen LogP contribution in [0, 0.1) is 5.41 Å². The minimum absolute atomic E-state index is 0.115. The van der Waals surface area contributed by atoms with Crippen molar-refractivity contribution in [2.24, 2.45) is 5.41 Å². The Bertz CT molecular complexity index is 899. The van der Waals surface area contributed by atoms with Crippen molar-refractivity contribution < 1.29 is 23.7 Å². The van der Waals surface area contributed by atoms with Gasteiger partial charge in [0.1, 0.15) is 5.75 Å². The first-order valence-corrected chi connectivity index (χ1v) is 10.5. The third-order valence-electron chi connectivity index (χ3n) is 5.91. The Kier molecular flexibility index (Phi) is 6.13. The minimum atomic E-state index is -0.573. The van der Waals surface area contributed by atoms with Gasteiger partial charge in [0, 0.05) is 18.7 Å². The number of para-hydroxylation sites is 1. The maximum atomic E-state index is 13.1. The smallest absolute Gasteiger partial charge is 0.313 e. The third-order valence-corrected chi connectivity index (χ3v) is 5.91. The second-order valence-electron chi connectivity index (χ2n) is 7.99. The molecule has 1 unspecified atom stereocenters. The summed E-state index contributed by atoms with van der Waals surface area (Å²) in [6.45, 7) is 4.80. The maximum absolute atomic E-state index is 13.1. The molecular weight excluding hydrogens is 382 g/mol. The highest BCUT2D eigenvalue weighted by Crippen LogP contribution is 2.39. The highest BCUT2D eigenvalue weighted by atomic mass is 16.7. The lowest BCUT2D eigenvalue weighted by Crippen LogP contribution is -2.49. The van der Waals surface area contributed by atoms with Crippen LogP contribution in [0.25, 0.3) is 0 Å². The molecule has 0 aromatic heterocycles. The first-order chi connectivity index (χ1) is 14.6. The molecule has 2 aromatic rings. The van der Waals surface area contributed by atoms with Gasteiger partial charge in [-0.05, 0) is 56.5 Å². The second-order valence-corrected chi connectivity index (χ2v) is 7.99. The lowest BCUT2D eigenvalue weighted by Gasteiger charge is -2.41. The van der Waals surface area contributed by atoms with E-state index in [1.54, 1.807) is 7.11 Å². The van der Waals surface area contributed by atoms with Crippen LogP contribution in [-0.2, 0) is 22.5 Å². The van der Waals surface area contributed by atoms with E-state index in [1.807, 2.05) is 37.3 Å². The summed E-state index contributed by atoms with van der Waals surface area (Å²) in [7, 11) is 1.66. The average molecular weight is 411 g/mol. The number of carbonyl (C=O) groups excluding carboxylic acids is 1. The maximum Gasteiger partial charge on any atom is 0.313 e. The topological polar surface area (TPSA) is 57.2 Å². The van der Waals surface area contributed by atoms with Crippen LogP contribution in [0.15, 0.2) is 42.5 Å². The Balaban J connectivity index is 1.57. The van der Waals surface area contributed by atoms with Gasteiger partial charge in [-0.2, -0.15) is 0 Å². The number of rotatable bonds is 7. The normalized spacial score (nSPS) is 20.7. The molecule has 1 fully saturated rings. The lowest BCUT2D eigenvalue weighted by atomic mass is 9.75. The fraction of sp³-hybridized carbons (Fsp3) is 0.458. The molecule has 2 heterocycles. The van der Waals surface area contributed by atoms with Gasteiger partial charge in [-0.25, -0.2) is 0 Å². The monoisotopic (exact) mass is 411 g/mol. The molecule has 2 aromatic carbocycles. The van der Waals surface area contributed by atoms with E-state index in [-0.39, 0.29) is 12.8 Å². The molecule has 0 bridgehead atoms. The van der Waals surface area contributed by atoms with Gasteiger partial charge in [0.2, 0.25) is 6.79 Å². The van der Waals surface area contributed by atoms with E-state index in [1.165, 1.54) is 0 Å². The van der Waals surface area contributed by atoms with Gasteiger partial charge in [0.25, 0.3) is 0 Å². The largest absolute Gasteiger partial charge is 0.497 e. The molecule has 0 radical (unpaired) electrons. The number of carbonyl (C=O) groups is 1. The number of esters is 1. The van der Waals surface area contributed by atoms with E-state index in [2.05, 4.69) is 17.0 Å². The van der Waals surface area contributed by atoms with Gasteiger partial charge >= 0.3 is 5.97 Å². The van der Waals surface area contributed by atoms with Crippen LogP contribution < -0.4 is 14.2 Å². The molecule has 1 saturated heterocycles. The van der Waals surface area contributed by atoms with E-state index in [9.17, 15) is 4.79 Å². The molecule has 0 N–H and O–H groups in total. The molecule has 6 heteroatoms. The van der Waals surface area contributed by atoms with Crippen LogP contribution in [0.4, 0.5) is 0 Å². The van der Waals surface area contributed by atoms with E-state index in [0.29, 0.717) is 26.1 Å². The molecule has 160 valence electrons. The predicted molar refractivity (Wildman–Crippen MR) is 113 cm³/mol. The molecule has 2 aliphatic heterocycles. The summed E-state index contributed by atoms with van der Waals surface area (Å²) < 4.78 is 22.1. The number of benzene rings is 2. The van der Waals surface area contributed by atoms with Crippen LogP contribution in [0.3, 0.4) is 0 Å². The van der Waals surface area contributed by atoms with E-state index in [4.69, 9.17) is 18.9 Å². The molecule has 0 aliphatic carbocycles. The number of nitrogens with zero attached hydrogens (tertiary/aromatic N) is 1. The number of hydrogen-bond acceptors (Lipinski definition) is 6. The van der Waals surface area contributed by atoms with Gasteiger partial charge in [0.05, 0.1) is 19.1 Å². The van der Waals surface area contributed by atoms with Crippen molar-refractivity contribution >= 4 is 5.97 Å². The summed E-state index contributed by atoms with van der Waals surface area (Å²) in [4.78, 5) is 15.5. The first-order valence-electron chi connectivity index (χ1n) is 10.5. The predicted octanol–water partition coefficient (Wildman–Crippen LogP) is 3.81. The SMILES string of the molecule is CCOC(=O)C1(Cc2cccc(OC)c2)CCCN(Cc2cccc3c2OCO3)C1. The summed E-state index contributed by atoms with van der Waals surface area (Å²) in [6.07, 6.45) is 2.38. The van der Waals surface area contributed by atoms with Crippen molar-refractivity contribution in [1.82, 2.24) is 4.90 Å². The van der Waals surface area contributed by atoms with Crippen LogP contribution in [0.2, 0.25) is 0 Å². The second kappa shape index (κ2) is 8.96. The number of hydrogen-bond donors (Lipinski definition) is 0. The zero-order chi connectivity index (χ0) is 21.0. The quantitative estimate of drug-likeness (QED) is 0.646. The van der Waals surface area contributed by atoms with Gasteiger partial charge in [-0.15, -0.1) is 0 Å². The zero-order valence-corrected chi connectivity index (χ0v) is 17.7. The number of methoxy groups -OCH3 is 1. The number of fused-ring (bicyclic) bond motifs is 1.